The number of hydrogen-bond acceptors (Lipinski definition) is 2. The summed E-state index contributed by atoms with van der Waals surface area (Å²) in [5.41, 5.74) is 2.69. The molecule has 2 heteroatoms. The molecule has 18 heavy (non-hydrogen) atoms. The molecule has 0 aliphatic heterocycles. The zero-order chi connectivity index (χ0) is 13.5. The van der Waals surface area contributed by atoms with E-state index in [0.29, 0.717) is 12.0 Å². The summed E-state index contributed by atoms with van der Waals surface area (Å²) in [6, 6.07) is 7.03. The van der Waals surface area contributed by atoms with Gasteiger partial charge in [0, 0.05) is 6.04 Å². The maximum absolute atomic E-state index is 5.46. The van der Waals surface area contributed by atoms with E-state index >= 15 is 0 Å². The van der Waals surface area contributed by atoms with E-state index in [0.717, 1.165) is 18.7 Å². The molecule has 0 fully saturated rings. The van der Waals surface area contributed by atoms with E-state index in [1.54, 1.807) is 7.11 Å². The fourth-order valence-corrected chi connectivity index (χ4v) is 2.11. The van der Waals surface area contributed by atoms with Crippen LogP contribution in [0.1, 0.15) is 51.2 Å². The van der Waals surface area contributed by atoms with Crippen molar-refractivity contribution < 1.29 is 4.74 Å². The molecule has 0 amide bonds. The van der Waals surface area contributed by atoms with Gasteiger partial charge in [-0.25, -0.2) is 0 Å². The Kier molecular flexibility index (Phi) is 6.20. The van der Waals surface area contributed by atoms with Crippen LogP contribution in [0.25, 0.3) is 0 Å². The molecule has 2 nitrogen and oxygen atoms in total. The van der Waals surface area contributed by atoms with Crippen molar-refractivity contribution in [2.75, 3.05) is 13.7 Å². The molecule has 1 rings (SSSR count). The number of methoxy groups -OCH3 is 1. The highest BCUT2D eigenvalue weighted by Gasteiger charge is 2.10. The molecule has 0 aliphatic rings. The Labute approximate surface area is 112 Å². The van der Waals surface area contributed by atoms with Gasteiger partial charge in [-0.1, -0.05) is 32.9 Å². The van der Waals surface area contributed by atoms with Crippen molar-refractivity contribution in [2.24, 2.45) is 0 Å². The van der Waals surface area contributed by atoms with E-state index in [2.05, 4.69) is 51.2 Å². The van der Waals surface area contributed by atoms with Crippen molar-refractivity contribution >= 4 is 0 Å². The second-order valence-electron chi connectivity index (χ2n) is 5.29. The topological polar surface area (TPSA) is 21.3 Å². The maximum atomic E-state index is 5.46. The summed E-state index contributed by atoms with van der Waals surface area (Å²) >= 11 is 0. The first kappa shape index (κ1) is 15.0. The highest BCUT2D eigenvalue weighted by atomic mass is 16.5. The molecule has 1 unspecified atom stereocenters. The molecule has 102 valence electrons. The molecule has 0 aromatic heterocycles. The Balaban J connectivity index is 2.80. The lowest BCUT2D eigenvalue weighted by molar-refractivity contribution is 0.405. The van der Waals surface area contributed by atoms with Crippen LogP contribution in [-0.2, 0) is 6.42 Å². The number of benzene rings is 1. The van der Waals surface area contributed by atoms with Gasteiger partial charge in [0.15, 0.2) is 0 Å². The zero-order valence-electron chi connectivity index (χ0n) is 12.4. The maximum Gasteiger partial charge on any atom is 0.122 e. The Morgan fingerprint density at radius 3 is 2.50 bits per heavy atom. The van der Waals surface area contributed by atoms with Crippen molar-refractivity contribution in [1.29, 1.82) is 0 Å². The summed E-state index contributed by atoms with van der Waals surface area (Å²) < 4.78 is 5.46. The van der Waals surface area contributed by atoms with Gasteiger partial charge in [0.25, 0.3) is 0 Å². The van der Waals surface area contributed by atoms with Crippen molar-refractivity contribution in [1.82, 2.24) is 5.32 Å². The molecule has 0 saturated carbocycles. The summed E-state index contributed by atoms with van der Waals surface area (Å²) in [5, 5.41) is 3.53. The number of ether oxygens (including phenoxy) is 1. The molecule has 1 aromatic rings. The van der Waals surface area contributed by atoms with Gasteiger partial charge in [0.05, 0.1) is 7.11 Å². The predicted octanol–water partition coefficient (Wildman–Crippen LogP) is 3.75. The molecular weight excluding hydrogens is 222 g/mol. The Bertz CT molecular complexity index is 360. The molecule has 0 bridgehead atoms. The average Bonchev–Trinajstić information content (AvgIpc) is 2.36. The fraction of sp³-hybridized carbons (Fsp3) is 0.625. The zero-order valence-corrected chi connectivity index (χ0v) is 12.4. The molecule has 1 aromatic carbocycles. The van der Waals surface area contributed by atoms with Gasteiger partial charge in [-0.15, -0.1) is 0 Å². The Morgan fingerprint density at radius 1 is 1.22 bits per heavy atom. The number of hydrogen-bond donors (Lipinski definition) is 1. The third-order valence-electron chi connectivity index (χ3n) is 3.24. The summed E-state index contributed by atoms with van der Waals surface area (Å²) in [6.07, 6.45) is 2.19. The van der Waals surface area contributed by atoms with E-state index in [9.17, 15) is 0 Å². The normalized spacial score (nSPS) is 12.8. The van der Waals surface area contributed by atoms with Crippen LogP contribution in [-0.4, -0.2) is 19.7 Å². The average molecular weight is 249 g/mol. The van der Waals surface area contributed by atoms with E-state index in [4.69, 9.17) is 4.74 Å². The Hall–Kier alpha value is -1.02. The van der Waals surface area contributed by atoms with Crippen LogP contribution in [0.3, 0.4) is 0 Å². The molecule has 0 aliphatic carbocycles. The highest BCUT2D eigenvalue weighted by Crippen LogP contribution is 2.25. The lowest BCUT2D eigenvalue weighted by Gasteiger charge is -2.17. The summed E-state index contributed by atoms with van der Waals surface area (Å²) in [5.74, 6) is 1.57. The van der Waals surface area contributed by atoms with E-state index in [1.807, 2.05) is 0 Å². The van der Waals surface area contributed by atoms with Crippen molar-refractivity contribution in [3.05, 3.63) is 29.3 Å². The molecule has 0 heterocycles. The van der Waals surface area contributed by atoms with Gasteiger partial charge in [0.1, 0.15) is 5.75 Å². The van der Waals surface area contributed by atoms with E-state index in [1.165, 1.54) is 17.5 Å². The lowest BCUT2D eigenvalue weighted by Crippen LogP contribution is -2.28. The molecule has 1 N–H and O–H groups in total. The van der Waals surface area contributed by atoms with Gasteiger partial charge in [-0.05, 0) is 49.4 Å². The van der Waals surface area contributed by atoms with E-state index < -0.39 is 0 Å². The highest BCUT2D eigenvalue weighted by molar-refractivity contribution is 5.38. The predicted molar refractivity (Wildman–Crippen MR) is 78.5 cm³/mol. The monoisotopic (exact) mass is 249 g/mol. The van der Waals surface area contributed by atoms with Gasteiger partial charge in [-0.3, -0.25) is 0 Å². The Morgan fingerprint density at radius 2 is 1.94 bits per heavy atom. The quantitative estimate of drug-likeness (QED) is 0.794. The second kappa shape index (κ2) is 7.42. The third kappa shape index (κ3) is 4.34. The number of nitrogens with one attached hydrogen (secondary N) is 1. The third-order valence-corrected chi connectivity index (χ3v) is 3.24. The summed E-state index contributed by atoms with van der Waals surface area (Å²) in [4.78, 5) is 0. The minimum absolute atomic E-state index is 0.487. The van der Waals surface area contributed by atoms with Crippen molar-refractivity contribution in [2.45, 2.75) is 52.5 Å². The molecule has 0 saturated heterocycles. The van der Waals surface area contributed by atoms with Crippen LogP contribution < -0.4 is 10.1 Å². The standard InChI is InChI=1S/C16H27NO/c1-6-9-17-13(4)10-15-11-14(12(2)3)7-8-16(15)18-5/h7-8,11-13,17H,6,9-10H2,1-5H3. The SMILES string of the molecule is CCCNC(C)Cc1cc(C(C)C)ccc1OC. The number of rotatable bonds is 7. The summed E-state index contributed by atoms with van der Waals surface area (Å²) in [7, 11) is 1.75. The molecule has 1 atom stereocenters. The van der Waals surface area contributed by atoms with Crippen LogP contribution in [0.5, 0.6) is 5.75 Å². The van der Waals surface area contributed by atoms with Gasteiger partial charge in [-0.2, -0.15) is 0 Å². The first-order valence-electron chi connectivity index (χ1n) is 6.98. The minimum atomic E-state index is 0.487. The first-order chi connectivity index (χ1) is 8.58. The first-order valence-corrected chi connectivity index (χ1v) is 6.98. The smallest absolute Gasteiger partial charge is 0.122 e. The fourth-order valence-electron chi connectivity index (χ4n) is 2.11. The van der Waals surface area contributed by atoms with Gasteiger partial charge >= 0.3 is 0 Å². The summed E-state index contributed by atoms with van der Waals surface area (Å²) in [6.45, 7) is 9.96. The minimum Gasteiger partial charge on any atom is -0.496 e. The largest absolute Gasteiger partial charge is 0.496 e. The molecule has 0 spiro atoms. The van der Waals surface area contributed by atoms with Crippen LogP contribution in [0.4, 0.5) is 0 Å². The molecule has 0 radical (unpaired) electrons. The van der Waals surface area contributed by atoms with Gasteiger partial charge < -0.3 is 10.1 Å². The van der Waals surface area contributed by atoms with Crippen LogP contribution in [0.15, 0.2) is 18.2 Å². The van der Waals surface area contributed by atoms with Crippen LogP contribution in [0, 0.1) is 0 Å². The lowest BCUT2D eigenvalue weighted by atomic mass is 9.97. The second-order valence-corrected chi connectivity index (χ2v) is 5.29. The van der Waals surface area contributed by atoms with E-state index in [-0.39, 0.29) is 0 Å². The van der Waals surface area contributed by atoms with Crippen LogP contribution >= 0.6 is 0 Å². The van der Waals surface area contributed by atoms with Crippen LogP contribution in [0.2, 0.25) is 0 Å². The van der Waals surface area contributed by atoms with Gasteiger partial charge in [0.2, 0.25) is 0 Å². The molecular formula is C16H27NO. The van der Waals surface area contributed by atoms with Crippen molar-refractivity contribution in [3.63, 3.8) is 0 Å². The van der Waals surface area contributed by atoms with Crippen molar-refractivity contribution in [3.8, 4) is 5.75 Å².